The Morgan fingerprint density at radius 3 is 2.31 bits per heavy atom. The first-order valence-corrected chi connectivity index (χ1v) is 17.3. The first kappa shape index (κ1) is 32.1. The van der Waals surface area contributed by atoms with Crippen LogP contribution in [0, 0.1) is 6.92 Å². The molecular weight excluding hydrogens is 613 g/mol. The molecule has 0 radical (unpaired) electrons. The minimum atomic E-state index is -3.18. The number of nitrogens with one attached hydrogen (secondary N) is 1. The molecule has 1 saturated heterocycles. The number of carbonyl (C=O) groups excluding carboxylic acids is 1. The molecule has 1 aliphatic heterocycles. The second kappa shape index (κ2) is 14.2. The molecule has 4 aromatic rings. The van der Waals surface area contributed by atoms with E-state index in [2.05, 4.69) is 10.2 Å². The predicted molar refractivity (Wildman–Crippen MR) is 176 cm³/mol. The van der Waals surface area contributed by atoms with E-state index in [1.165, 1.54) is 10.6 Å². The number of hydrogen-bond donors (Lipinski definition) is 2. The van der Waals surface area contributed by atoms with E-state index in [1.54, 1.807) is 59.9 Å². The van der Waals surface area contributed by atoms with E-state index in [-0.39, 0.29) is 12.2 Å². The zero-order valence-electron chi connectivity index (χ0n) is 25.2. The Kier molecular flexibility index (Phi) is 10.2. The van der Waals surface area contributed by atoms with Crippen LogP contribution in [0.5, 0.6) is 5.75 Å². The van der Waals surface area contributed by atoms with Crippen LogP contribution in [0.15, 0.2) is 78.9 Å². The van der Waals surface area contributed by atoms with Gasteiger partial charge in [-0.05, 0) is 36.8 Å². The highest BCUT2D eigenvalue weighted by atomic mass is 32.2. The van der Waals surface area contributed by atoms with Crippen LogP contribution in [0.1, 0.15) is 32.1 Å². The molecule has 0 aliphatic carbocycles. The summed E-state index contributed by atoms with van der Waals surface area (Å²) in [4.78, 5) is 33.3. The highest BCUT2D eigenvalue weighted by Crippen LogP contribution is 2.28. The van der Waals surface area contributed by atoms with Gasteiger partial charge in [-0.25, -0.2) is 18.2 Å². The molecule has 2 N–H and O–H groups in total. The second-order valence-corrected chi connectivity index (χ2v) is 14.0. The molecule has 0 spiro atoms. The van der Waals surface area contributed by atoms with Gasteiger partial charge in [-0.1, -0.05) is 54.6 Å². The Morgan fingerprint density at radius 1 is 0.978 bits per heavy atom. The van der Waals surface area contributed by atoms with Crippen molar-refractivity contribution in [3.05, 3.63) is 106 Å². The molecule has 1 aliphatic rings. The van der Waals surface area contributed by atoms with Gasteiger partial charge in [-0.15, -0.1) is 11.3 Å². The minimum absolute atomic E-state index is 0.180. The molecule has 1 atom stereocenters. The van der Waals surface area contributed by atoms with E-state index in [0.29, 0.717) is 61.8 Å². The van der Waals surface area contributed by atoms with Gasteiger partial charge in [0.15, 0.2) is 10.9 Å². The number of piperazine rings is 1. The smallest absolute Gasteiger partial charge is 0.326 e. The maximum atomic E-state index is 13.1. The summed E-state index contributed by atoms with van der Waals surface area (Å²) in [5.74, 6) is -0.532. The molecule has 1 unspecified atom stereocenters. The number of carbonyl (C=O) groups is 2. The maximum absolute atomic E-state index is 13.1. The van der Waals surface area contributed by atoms with Gasteiger partial charge in [0, 0.05) is 60.7 Å². The summed E-state index contributed by atoms with van der Waals surface area (Å²) in [5.41, 5.74) is 3.18. The van der Waals surface area contributed by atoms with Crippen molar-refractivity contribution in [2.75, 3.05) is 49.3 Å². The number of benzene rings is 3. The zero-order valence-corrected chi connectivity index (χ0v) is 26.8. The second-order valence-electron chi connectivity index (χ2n) is 10.9. The van der Waals surface area contributed by atoms with Crippen molar-refractivity contribution in [2.24, 2.45) is 0 Å². The van der Waals surface area contributed by atoms with Crippen LogP contribution in [-0.2, 0) is 27.7 Å². The van der Waals surface area contributed by atoms with Crippen LogP contribution in [0.4, 0.5) is 10.8 Å². The lowest BCUT2D eigenvalue weighted by molar-refractivity contribution is -0.137. The number of rotatable bonds is 13. The third-order valence-electron chi connectivity index (χ3n) is 7.67. The highest BCUT2D eigenvalue weighted by Gasteiger charge is 2.25. The van der Waals surface area contributed by atoms with Gasteiger partial charge in [0.05, 0.1) is 18.6 Å². The third-order valence-corrected chi connectivity index (χ3v) is 10.0. The lowest BCUT2D eigenvalue weighted by atomic mass is 10.00. The number of aromatic nitrogens is 1. The Bertz CT molecular complexity index is 1730. The van der Waals surface area contributed by atoms with Crippen molar-refractivity contribution >= 4 is 43.9 Å². The molecule has 10 nitrogen and oxygen atoms in total. The van der Waals surface area contributed by atoms with E-state index in [4.69, 9.17) is 9.72 Å². The molecule has 12 heteroatoms. The molecule has 0 saturated carbocycles. The molecule has 1 aromatic heterocycles. The van der Waals surface area contributed by atoms with Crippen LogP contribution in [-0.4, -0.2) is 79.6 Å². The van der Waals surface area contributed by atoms with Crippen molar-refractivity contribution in [1.29, 1.82) is 0 Å². The fourth-order valence-electron chi connectivity index (χ4n) is 5.15. The van der Waals surface area contributed by atoms with Crippen LogP contribution >= 0.6 is 11.3 Å². The van der Waals surface area contributed by atoms with Crippen molar-refractivity contribution in [1.82, 2.24) is 9.29 Å². The van der Waals surface area contributed by atoms with Gasteiger partial charge in [0.25, 0.3) is 0 Å². The SMILES string of the molecule is Cc1sc(N2CCN(S(C)(=O)=O)CC2)nc1CCOc1ccc(CC(Nc2ccccc2C(=O)c2ccccc2)C(=O)O)cc1. The third kappa shape index (κ3) is 8.27. The molecular formula is C33H36N4O6S2. The summed E-state index contributed by atoms with van der Waals surface area (Å²) < 4.78 is 31.1. The lowest BCUT2D eigenvalue weighted by Gasteiger charge is -2.32. The van der Waals surface area contributed by atoms with Crippen molar-refractivity contribution in [3.8, 4) is 5.75 Å². The number of aliphatic carboxylic acids is 1. The number of sulfonamides is 1. The number of carboxylic acid groups (broad SMARTS) is 1. The van der Waals surface area contributed by atoms with E-state index >= 15 is 0 Å². The summed E-state index contributed by atoms with van der Waals surface area (Å²) in [6, 6.07) is 22.2. The van der Waals surface area contributed by atoms with Gasteiger partial charge in [0.1, 0.15) is 11.8 Å². The van der Waals surface area contributed by atoms with Crippen molar-refractivity contribution in [2.45, 2.75) is 25.8 Å². The molecule has 236 valence electrons. The summed E-state index contributed by atoms with van der Waals surface area (Å²) in [6.45, 7) is 4.59. The number of ketones is 1. The largest absolute Gasteiger partial charge is 0.493 e. The molecule has 5 rings (SSSR count). The van der Waals surface area contributed by atoms with Crippen LogP contribution in [0.2, 0.25) is 0 Å². The Hall–Kier alpha value is -4.26. The van der Waals surface area contributed by atoms with Gasteiger partial charge in [0.2, 0.25) is 10.0 Å². The number of carboxylic acids is 1. The normalized spacial score (nSPS) is 14.6. The molecule has 2 heterocycles. The standard InChI is InChI=1S/C33H36N4O6S2/c1-23-28(35-33(44-23)36-17-19-37(20-18-36)45(2,41)42)16-21-43-26-14-12-24(13-15-26)22-30(32(39)40)34-29-11-7-6-10-27(29)31(38)25-8-4-3-5-9-25/h3-15,30,34H,16-22H2,1-2H3,(H,39,40). The average molecular weight is 649 g/mol. The number of ether oxygens (including phenoxy) is 1. The number of anilines is 2. The topological polar surface area (TPSA) is 129 Å². The number of para-hydroxylation sites is 1. The molecule has 0 amide bonds. The summed E-state index contributed by atoms with van der Waals surface area (Å²) >= 11 is 1.61. The van der Waals surface area contributed by atoms with Crippen LogP contribution < -0.4 is 15.0 Å². The van der Waals surface area contributed by atoms with Crippen LogP contribution in [0.3, 0.4) is 0 Å². The maximum Gasteiger partial charge on any atom is 0.326 e. The van der Waals surface area contributed by atoms with Gasteiger partial charge in [-0.3, -0.25) is 4.79 Å². The van der Waals surface area contributed by atoms with Gasteiger partial charge >= 0.3 is 5.97 Å². The predicted octanol–water partition coefficient (Wildman–Crippen LogP) is 4.49. The summed E-state index contributed by atoms with van der Waals surface area (Å²) in [6.07, 6.45) is 2.08. The number of nitrogens with zero attached hydrogens (tertiary/aromatic N) is 3. The Morgan fingerprint density at radius 2 is 1.64 bits per heavy atom. The molecule has 0 bridgehead atoms. The van der Waals surface area contributed by atoms with E-state index < -0.39 is 22.0 Å². The molecule has 45 heavy (non-hydrogen) atoms. The monoisotopic (exact) mass is 648 g/mol. The highest BCUT2D eigenvalue weighted by molar-refractivity contribution is 7.88. The van der Waals surface area contributed by atoms with Crippen LogP contribution in [0.25, 0.3) is 0 Å². The first-order valence-electron chi connectivity index (χ1n) is 14.6. The van der Waals surface area contributed by atoms with Crippen molar-refractivity contribution < 1.29 is 27.9 Å². The zero-order chi connectivity index (χ0) is 32.0. The van der Waals surface area contributed by atoms with E-state index in [1.807, 2.05) is 37.3 Å². The first-order chi connectivity index (χ1) is 21.6. The van der Waals surface area contributed by atoms with Gasteiger partial charge in [-0.2, -0.15) is 4.31 Å². The quantitative estimate of drug-likeness (QED) is 0.202. The fourth-order valence-corrected chi connectivity index (χ4v) is 6.99. The number of aryl methyl sites for hydroxylation is 1. The fraction of sp³-hybridized carbons (Fsp3) is 0.303. The summed E-state index contributed by atoms with van der Waals surface area (Å²) in [5, 5.41) is 13.9. The van der Waals surface area contributed by atoms with Crippen molar-refractivity contribution in [3.63, 3.8) is 0 Å². The van der Waals surface area contributed by atoms with E-state index in [9.17, 15) is 23.1 Å². The number of hydrogen-bond acceptors (Lipinski definition) is 9. The van der Waals surface area contributed by atoms with Gasteiger partial charge < -0.3 is 20.1 Å². The molecule has 3 aromatic carbocycles. The summed E-state index contributed by atoms with van der Waals surface area (Å²) in [7, 11) is -3.18. The number of thiazole rings is 1. The lowest BCUT2D eigenvalue weighted by Crippen LogP contribution is -2.48. The Balaban J connectivity index is 1.15. The Labute approximate surface area is 267 Å². The minimum Gasteiger partial charge on any atom is -0.493 e. The molecule has 1 fully saturated rings. The van der Waals surface area contributed by atoms with E-state index in [0.717, 1.165) is 21.3 Å². The average Bonchev–Trinajstić information content (AvgIpc) is 3.41.